The van der Waals surface area contributed by atoms with Gasteiger partial charge in [0.1, 0.15) is 6.04 Å². The molecule has 0 aliphatic carbocycles. The maximum absolute atomic E-state index is 11.9. The van der Waals surface area contributed by atoms with Gasteiger partial charge in [-0.05, 0) is 24.0 Å². The van der Waals surface area contributed by atoms with Gasteiger partial charge in [-0.1, -0.05) is 39.0 Å². The molecular weight excluding hydrogens is 224 g/mol. The molecule has 0 saturated heterocycles. The zero-order chi connectivity index (χ0) is 13.9. The Morgan fingerprint density at radius 3 is 2.28 bits per heavy atom. The third kappa shape index (κ3) is 3.49. The van der Waals surface area contributed by atoms with Gasteiger partial charge in [0.25, 0.3) is 0 Å². The zero-order valence-electron chi connectivity index (χ0n) is 12.2. The molecule has 1 atom stereocenters. The number of rotatable bonds is 3. The Labute approximate surface area is 110 Å². The van der Waals surface area contributed by atoms with Crippen molar-refractivity contribution >= 4 is 11.6 Å². The quantitative estimate of drug-likeness (QED) is 0.892. The molecule has 0 heterocycles. The Morgan fingerprint density at radius 2 is 1.78 bits per heavy atom. The Morgan fingerprint density at radius 1 is 1.22 bits per heavy atom. The smallest absolute Gasteiger partial charge is 0.244 e. The molecule has 1 rings (SSSR count). The molecule has 18 heavy (non-hydrogen) atoms. The van der Waals surface area contributed by atoms with Crippen LogP contribution in [0.2, 0.25) is 0 Å². The highest BCUT2D eigenvalue weighted by molar-refractivity contribution is 5.84. The van der Waals surface area contributed by atoms with E-state index in [9.17, 15) is 4.79 Å². The largest absolute Gasteiger partial charge is 0.374 e. The van der Waals surface area contributed by atoms with E-state index < -0.39 is 0 Å². The Hall–Kier alpha value is -1.51. The van der Waals surface area contributed by atoms with E-state index in [1.54, 1.807) is 19.0 Å². The highest BCUT2D eigenvalue weighted by Crippen LogP contribution is 2.29. The summed E-state index contributed by atoms with van der Waals surface area (Å²) in [6.07, 6.45) is 0. The predicted molar refractivity (Wildman–Crippen MR) is 76.9 cm³/mol. The summed E-state index contributed by atoms with van der Waals surface area (Å²) in [5.74, 6) is 0.0821. The fourth-order valence-corrected chi connectivity index (χ4v) is 1.95. The molecule has 0 saturated carbocycles. The molecule has 0 fully saturated rings. The van der Waals surface area contributed by atoms with Gasteiger partial charge in [-0.3, -0.25) is 4.79 Å². The monoisotopic (exact) mass is 248 g/mol. The number of carbonyl (C=O) groups excluding carboxylic acids is 1. The van der Waals surface area contributed by atoms with Gasteiger partial charge in [-0.25, -0.2) is 0 Å². The molecule has 1 amide bonds. The van der Waals surface area contributed by atoms with Crippen molar-refractivity contribution in [3.05, 3.63) is 29.8 Å². The molecule has 1 aromatic carbocycles. The summed E-state index contributed by atoms with van der Waals surface area (Å²) in [5.41, 5.74) is 2.32. The van der Waals surface area contributed by atoms with Crippen molar-refractivity contribution in [2.45, 2.75) is 39.2 Å². The first-order chi connectivity index (χ1) is 8.23. The van der Waals surface area contributed by atoms with Crippen LogP contribution in [0.25, 0.3) is 0 Å². The maximum atomic E-state index is 11.9. The molecule has 0 aliphatic heterocycles. The van der Waals surface area contributed by atoms with Gasteiger partial charge < -0.3 is 10.2 Å². The van der Waals surface area contributed by atoms with Crippen LogP contribution < -0.4 is 5.32 Å². The van der Waals surface area contributed by atoms with Crippen LogP contribution in [0.4, 0.5) is 5.69 Å². The molecule has 0 bridgehead atoms. The third-order valence-corrected chi connectivity index (χ3v) is 2.92. The van der Waals surface area contributed by atoms with Crippen molar-refractivity contribution in [2.75, 3.05) is 19.4 Å². The van der Waals surface area contributed by atoms with E-state index in [-0.39, 0.29) is 17.4 Å². The van der Waals surface area contributed by atoms with Crippen LogP contribution in [-0.4, -0.2) is 30.9 Å². The topological polar surface area (TPSA) is 32.3 Å². The molecule has 0 aromatic heterocycles. The van der Waals surface area contributed by atoms with Crippen molar-refractivity contribution in [3.8, 4) is 0 Å². The van der Waals surface area contributed by atoms with E-state index in [0.29, 0.717) is 0 Å². The van der Waals surface area contributed by atoms with Gasteiger partial charge in [0.2, 0.25) is 5.91 Å². The number of nitrogens with one attached hydrogen (secondary N) is 1. The van der Waals surface area contributed by atoms with Crippen LogP contribution >= 0.6 is 0 Å². The first-order valence-electron chi connectivity index (χ1n) is 6.30. The summed E-state index contributed by atoms with van der Waals surface area (Å²) in [6.45, 7) is 8.41. The van der Waals surface area contributed by atoms with E-state index in [1.165, 1.54) is 5.56 Å². The zero-order valence-corrected chi connectivity index (χ0v) is 12.2. The minimum atomic E-state index is -0.219. The number of carbonyl (C=O) groups is 1. The van der Waals surface area contributed by atoms with Gasteiger partial charge in [0.05, 0.1) is 0 Å². The number of amides is 1. The SMILES string of the molecule is CC(Nc1ccccc1C(C)(C)C)C(=O)N(C)C. The van der Waals surface area contributed by atoms with E-state index >= 15 is 0 Å². The van der Waals surface area contributed by atoms with Gasteiger partial charge in [0, 0.05) is 19.8 Å². The second kappa shape index (κ2) is 5.42. The number of anilines is 1. The molecule has 3 nitrogen and oxygen atoms in total. The van der Waals surface area contributed by atoms with E-state index in [0.717, 1.165) is 5.69 Å². The van der Waals surface area contributed by atoms with Crippen LogP contribution in [0.1, 0.15) is 33.3 Å². The summed E-state index contributed by atoms with van der Waals surface area (Å²) in [4.78, 5) is 13.5. The average Bonchev–Trinajstić information content (AvgIpc) is 2.27. The van der Waals surface area contributed by atoms with E-state index in [2.05, 4.69) is 32.2 Å². The summed E-state index contributed by atoms with van der Waals surface area (Å²) in [7, 11) is 3.55. The molecule has 0 spiro atoms. The second-order valence-electron chi connectivity index (χ2n) is 5.89. The summed E-state index contributed by atoms with van der Waals surface area (Å²) >= 11 is 0. The average molecular weight is 248 g/mol. The van der Waals surface area contributed by atoms with Crippen molar-refractivity contribution in [3.63, 3.8) is 0 Å². The molecule has 1 N–H and O–H groups in total. The Bertz CT molecular complexity index is 419. The number of hydrogen-bond acceptors (Lipinski definition) is 2. The molecule has 1 aromatic rings. The Kier molecular flexibility index (Phi) is 4.38. The third-order valence-electron chi connectivity index (χ3n) is 2.92. The molecule has 100 valence electrons. The lowest BCUT2D eigenvalue weighted by Gasteiger charge is -2.26. The number of benzene rings is 1. The summed E-state index contributed by atoms with van der Waals surface area (Å²) in [5, 5.41) is 3.31. The van der Waals surface area contributed by atoms with Crippen LogP contribution in [0.15, 0.2) is 24.3 Å². The van der Waals surface area contributed by atoms with E-state index in [4.69, 9.17) is 0 Å². The predicted octanol–water partition coefficient (Wildman–Crippen LogP) is 2.87. The normalized spacial score (nSPS) is 13.0. The highest BCUT2D eigenvalue weighted by atomic mass is 16.2. The lowest BCUT2D eigenvalue weighted by Crippen LogP contribution is -2.37. The lowest BCUT2D eigenvalue weighted by molar-refractivity contribution is -0.129. The lowest BCUT2D eigenvalue weighted by atomic mass is 9.85. The van der Waals surface area contributed by atoms with Crippen LogP contribution in [-0.2, 0) is 10.2 Å². The van der Waals surface area contributed by atoms with Gasteiger partial charge in [0.15, 0.2) is 0 Å². The van der Waals surface area contributed by atoms with Crippen molar-refractivity contribution in [2.24, 2.45) is 0 Å². The minimum absolute atomic E-state index is 0.0600. The summed E-state index contributed by atoms with van der Waals surface area (Å²) in [6, 6.07) is 7.94. The fourth-order valence-electron chi connectivity index (χ4n) is 1.95. The van der Waals surface area contributed by atoms with Gasteiger partial charge in [-0.15, -0.1) is 0 Å². The molecule has 3 heteroatoms. The number of para-hydroxylation sites is 1. The number of hydrogen-bond donors (Lipinski definition) is 1. The Balaban J connectivity index is 2.95. The molecule has 0 aliphatic rings. The van der Waals surface area contributed by atoms with Crippen molar-refractivity contribution < 1.29 is 4.79 Å². The standard InChI is InChI=1S/C15H24N2O/c1-11(14(18)17(5)6)16-13-10-8-7-9-12(13)15(2,3)4/h7-11,16H,1-6H3. The molecular formula is C15H24N2O. The van der Waals surface area contributed by atoms with Gasteiger partial charge in [-0.2, -0.15) is 0 Å². The molecule has 0 radical (unpaired) electrons. The van der Waals surface area contributed by atoms with Crippen LogP contribution in [0.3, 0.4) is 0 Å². The molecule has 1 unspecified atom stereocenters. The van der Waals surface area contributed by atoms with Crippen molar-refractivity contribution in [1.82, 2.24) is 4.90 Å². The van der Waals surface area contributed by atoms with Crippen LogP contribution in [0.5, 0.6) is 0 Å². The number of likely N-dealkylation sites (N-methyl/N-ethyl adjacent to an activating group) is 1. The first kappa shape index (κ1) is 14.6. The minimum Gasteiger partial charge on any atom is -0.374 e. The van der Waals surface area contributed by atoms with E-state index in [1.807, 2.05) is 25.1 Å². The number of nitrogens with zero attached hydrogens (tertiary/aromatic N) is 1. The second-order valence-corrected chi connectivity index (χ2v) is 5.89. The fraction of sp³-hybridized carbons (Fsp3) is 0.533. The highest BCUT2D eigenvalue weighted by Gasteiger charge is 2.20. The van der Waals surface area contributed by atoms with Gasteiger partial charge >= 0.3 is 0 Å². The summed E-state index contributed by atoms with van der Waals surface area (Å²) < 4.78 is 0. The maximum Gasteiger partial charge on any atom is 0.244 e. The van der Waals surface area contributed by atoms with Crippen molar-refractivity contribution in [1.29, 1.82) is 0 Å². The van der Waals surface area contributed by atoms with Crippen LogP contribution in [0, 0.1) is 0 Å². The first-order valence-corrected chi connectivity index (χ1v) is 6.30.